The van der Waals surface area contributed by atoms with E-state index >= 15 is 0 Å². The Labute approximate surface area is 131 Å². The summed E-state index contributed by atoms with van der Waals surface area (Å²) in [5.74, 6) is 1.87. The molecular weight excluding hydrogens is 272 g/mol. The summed E-state index contributed by atoms with van der Waals surface area (Å²) in [5.41, 5.74) is 2.63. The molecular formula is C19H20N2O. The number of amidine groups is 1. The lowest BCUT2D eigenvalue weighted by molar-refractivity contribution is 0.313. The SMILES string of the molecule is C1=NC(CCCOc2ccc(Cc3ccccc3)cc2)=NC1. The molecule has 0 spiro atoms. The molecule has 22 heavy (non-hydrogen) atoms. The first-order chi connectivity index (χ1) is 10.9. The molecule has 0 fully saturated rings. The number of aliphatic imine (C=N–C) groups is 2. The second kappa shape index (κ2) is 7.55. The number of rotatable bonds is 7. The van der Waals surface area contributed by atoms with Gasteiger partial charge in [-0.1, -0.05) is 42.5 Å². The predicted molar refractivity (Wildman–Crippen MR) is 91.2 cm³/mol. The lowest BCUT2D eigenvalue weighted by Gasteiger charge is -2.07. The van der Waals surface area contributed by atoms with E-state index in [4.69, 9.17) is 4.74 Å². The van der Waals surface area contributed by atoms with Crippen LogP contribution in [0.1, 0.15) is 24.0 Å². The molecule has 3 nitrogen and oxygen atoms in total. The molecule has 1 aliphatic rings. The monoisotopic (exact) mass is 292 g/mol. The zero-order chi connectivity index (χ0) is 15.0. The second-order valence-electron chi connectivity index (χ2n) is 5.33. The molecule has 1 heterocycles. The molecule has 112 valence electrons. The maximum absolute atomic E-state index is 5.76. The molecule has 0 radical (unpaired) electrons. The Morgan fingerprint density at radius 3 is 2.41 bits per heavy atom. The minimum atomic E-state index is 0.701. The highest BCUT2D eigenvalue weighted by molar-refractivity contribution is 5.94. The number of hydrogen-bond donors (Lipinski definition) is 0. The predicted octanol–water partition coefficient (Wildman–Crippen LogP) is 3.92. The van der Waals surface area contributed by atoms with Gasteiger partial charge in [0.25, 0.3) is 0 Å². The van der Waals surface area contributed by atoms with Crippen LogP contribution < -0.4 is 4.74 Å². The van der Waals surface area contributed by atoms with E-state index in [0.29, 0.717) is 6.61 Å². The van der Waals surface area contributed by atoms with Crippen LogP contribution in [-0.4, -0.2) is 25.2 Å². The van der Waals surface area contributed by atoms with Gasteiger partial charge in [-0.2, -0.15) is 0 Å². The summed E-state index contributed by atoms with van der Waals surface area (Å²) < 4.78 is 5.76. The van der Waals surface area contributed by atoms with Crippen molar-refractivity contribution in [3.63, 3.8) is 0 Å². The fourth-order valence-electron chi connectivity index (χ4n) is 2.43. The maximum Gasteiger partial charge on any atom is 0.123 e. The van der Waals surface area contributed by atoms with Crippen LogP contribution in [0, 0.1) is 0 Å². The molecule has 2 aromatic rings. The molecule has 0 saturated carbocycles. The molecule has 0 N–H and O–H groups in total. The van der Waals surface area contributed by atoms with Gasteiger partial charge in [-0.3, -0.25) is 4.99 Å². The van der Waals surface area contributed by atoms with Crippen molar-refractivity contribution in [1.29, 1.82) is 0 Å². The van der Waals surface area contributed by atoms with Gasteiger partial charge in [0.05, 0.1) is 13.2 Å². The Morgan fingerprint density at radius 1 is 0.909 bits per heavy atom. The smallest absolute Gasteiger partial charge is 0.123 e. The average Bonchev–Trinajstić information content (AvgIpc) is 3.07. The Bertz CT molecular complexity index is 645. The van der Waals surface area contributed by atoms with Crippen molar-refractivity contribution in [3.05, 3.63) is 65.7 Å². The fourth-order valence-corrected chi connectivity index (χ4v) is 2.43. The first kappa shape index (κ1) is 14.5. The van der Waals surface area contributed by atoms with Crippen LogP contribution in [-0.2, 0) is 6.42 Å². The third-order valence-corrected chi connectivity index (χ3v) is 3.58. The first-order valence-electron chi connectivity index (χ1n) is 7.72. The normalized spacial score (nSPS) is 13.2. The van der Waals surface area contributed by atoms with Crippen molar-refractivity contribution in [1.82, 2.24) is 0 Å². The summed E-state index contributed by atoms with van der Waals surface area (Å²) in [6.07, 6.45) is 4.64. The van der Waals surface area contributed by atoms with Crippen LogP contribution in [0.15, 0.2) is 64.6 Å². The van der Waals surface area contributed by atoms with Crippen LogP contribution in [0.4, 0.5) is 0 Å². The third-order valence-electron chi connectivity index (χ3n) is 3.58. The summed E-state index contributed by atoms with van der Waals surface area (Å²) in [6, 6.07) is 18.9. The highest BCUT2D eigenvalue weighted by Gasteiger charge is 2.01. The van der Waals surface area contributed by atoms with Crippen LogP contribution in [0.3, 0.4) is 0 Å². The van der Waals surface area contributed by atoms with E-state index in [-0.39, 0.29) is 0 Å². The number of ether oxygens (including phenoxy) is 1. The largest absolute Gasteiger partial charge is 0.494 e. The number of benzene rings is 2. The molecule has 0 aromatic heterocycles. The Morgan fingerprint density at radius 2 is 1.68 bits per heavy atom. The lowest BCUT2D eigenvalue weighted by atomic mass is 10.1. The third kappa shape index (κ3) is 4.29. The van der Waals surface area contributed by atoms with Gasteiger partial charge < -0.3 is 4.74 Å². The van der Waals surface area contributed by atoms with Gasteiger partial charge in [-0.25, -0.2) is 4.99 Å². The van der Waals surface area contributed by atoms with Gasteiger partial charge in [-0.05, 0) is 36.1 Å². The van der Waals surface area contributed by atoms with Gasteiger partial charge >= 0.3 is 0 Å². The zero-order valence-corrected chi connectivity index (χ0v) is 12.6. The Balaban J connectivity index is 1.44. The van der Waals surface area contributed by atoms with E-state index in [1.54, 1.807) is 0 Å². The van der Waals surface area contributed by atoms with Crippen LogP contribution in [0.5, 0.6) is 5.75 Å². The minimum Gasteiger partial charge on any atom is -0.494 e. The molecule has 0 bridgehead atoms. The molecule has 0 amide bonds. The highest BCUT2D eigenvalue weighted by Crippen LogP contribution is 2.15. The van der Waals surface area contributed by atoms with E-state index in [9.17, 15) is 0 Å². The second-order valence-corrected chi connectivity index (χ2v) is 5.33. The van der Waals surface area contributed by atoms with E-state index in [0.717, 1.165) is 37.4 Å². The zero-order valence-electron chi connectivity index (χ0n) is 12.6. The molecule has 0 atom stereocenters. The van der Waals surface area contributed by atoms with Gasteiger partial charge in [0.15, 0.2) is 0 Å². The quantitative estimate of drug-likeness (QED) is 0.712. The maximum atomic E-state index is 5.76. The lowest BCUT2D eigenvalue weighted by Crippen LogP contribution is -2.00. The molecule has 0 unspecified atom stereocenters. The highest BCUT2D eigenvalue weighted by atomic mass is 16.5. The van der Waals surface area contributed by atoms with Gasteiger partial charge in [-0.15, -0.1) is 0 Å². The minimum absolute atomic E-state index is 0.701. The van der Waals surface area contributed by atoms with E-state index < -0.39 is 0 Å². The van der Waals surface area contributed by atoms with Crippen molar-refractivity contribution in [2.24, 2.45) is 9.98 Å². The molecule has 3 rings (SSSR count). The topological polar surface area (TPSA) is 34.0 Å². The van der Waals surface area contributed by atoms with Crippen molar-refractivity contribution in [3.8, 4) is 5.75 Å². The van der Waals surface area contributed by atoms with Crippen LogP contribution >= 0.6 is 0 Å². The molecule has 0 saturated heterocycles. The van der Waals surface area contributed by atoms with Crippen molar-refractivity contribution < 1.29 is 4.74 Å². The van der Waals surface area contributed by atoms with E-state index in [2.05, 4.69) is 46.4 Å². The van der Waals surface area contributed by atoms with Crippen LogP contribution in [0.2, 0.25) is 0 Å². The van der Waals surface area contributed by atoms with Crippen LogP contribution in [0.25, 0.3) is 0 Å². The summed E-state index contributed by atoms with van der Waals surface area (Å²) in [6.45, 7) is 1.44. The summed E-state index contributed by atoms with van der Waals surface area (Å²) >= 11 is 0. The van der Waals surface area contributed by atoms with Gasteiger partial charge in [0.1, 0.15) is 11.6 Å². The average molecular weight is 292 g/mol. The summed E-state index contributed by atoms with van der Waals surface area (Å²) in [7, 11) is 0. The standard InChI is InChI=1S/C19H20N2O/c1-2-5-16(6-3-1)15-17-8-10-18(11-9-17)22-14-4-7-19-20-12-13-21-19/h1-3,5-6,8-12H,4,7,13-15H2. The van der Waals surface area contributed by atoms with Crippen molar-refractivity contribution >= 4 is 12.1 Å². The summed E-state index contributed by atoms with van der Waals surface area (Å²) in [4.78, 5) is 8.47. The van der Waals surface area contributed by atoms with Crippen molar-refractivity contribution in [2.45, 2.75) is 19.3 Å². The molecule has 1 aliphatic heterocycles. The number of nitrogens with zero attached hydrogens (tertiary/aromatic N) is 2. The molecule has 3 heteroatoms. The fraction of sp³-hybridized carbons (Fsp3) is 0.263. The van der Waals surface area contributed by atoms with E-state index in [1.165, 1.54) is 11.1 Å². The summed E-state index contributed by atoms with van der Waals surface area (Å²) in [5, 5.41) is 0. The van der Waals surface area contributed by atoms with Gasteiger partial charge in [0, 0.05) is 12.6 Å². The number of hydrogen-bond acceptors (Lipinski definition) is 3. The van der Waals surface area contributed by atoms with Crippen molar-refractivity contribution in [2.75, 3.05) is 13.2 Å². The first-order valence-corrected chi connectivity index (χ1v) is 7.72. The molecule has 0 aliphatic carbocycles. The van der Waals surface area contributed by atoms with E-state index in [1.807, 2.05) is 24.4 Å². The Hall–Kier alpha value is -2.42. The molecule has 2 aromatic carbocycles. The van der Waals surface area contributed by atoms with Gasteiger partial charge in [0.2, 0.25) is 0 Å². The Kier molecular flexibility index (Phi) is 4.98.